The largest absolute Gasteiger partial charge is 0.390 e. The van der Waals surface area contributed by atoms with Crippen LogP contribution in [-0.2, 0) is 6.61 Å². The van der Waals surface area contributed by atoms with Crippen molar-refractivity contribution in [2.45, 2.75) is 6.61 Å². The summed E-state index contributed by atoms with van der Waals surface area (Å²) in [4.78, 5) is 7.04. The lowest BCUT2D eigenvalue weighted by atomic mass is 10.2. The summed E-state index contributed by atoms with van der Waals surface area (Å²) in [6.07, 6.45) is 1.55. The molecule has 0 saturated heterocycles. The second kappa shape index (κ2) is 4.75. The van der Waals surface area contributed by atoms with Gasteiger partial charge in [0.2, 0.25) is 0 Å². The average molecular weight is 322 g/mol. The molecule has 2 rings (SSSR count). The lowest BCUT2D eigenvalue weighted by molar-refractivity contribution is 0.277. The van der Waals surface area contributed by atoms with E-state index >= 15 is 0 Å². The molecule has 0 unspecified atom stereocenters. The molecule has 2 N–H and O–H groups in total. The summed E-state index contributed by atoms with van der Waals surface area (Å²) >= 11 is 15.5. The summed E-state index contributed by atoms with van der Waals surface area (Å²) in [7, 11) is 0. The van der Waals surface area contributed by atoms with Crippen molar-refractivity contribution in [2.24, 2.45) is 0 Å². The van der Waals surface area contributed by atoms with Crippen LogP contribution in [0.1, 0.15) is 5.69 Å². The number of H-pyrrole nitrogens is 1. The number of aliphatic hydroxyl groups excluding tert-OH is 1. The van der Waals surface area contributed by atoms with Crippen molar-refractivity contribution in [1.82, 2.24) is 9.97 Å². The Kier molecular flexibility index (Phi) is 3.54. The number of halogens is 3. The van der Waals surface area contributed by atoms with Gasteiger partial charge in [-0.15, -0.1) is 0 Å². The molecule has 0 bridgehead atoms. The number of aliphatic hydroxyl groups is 1. The number of aromatic amines is 1. The van der Waals surface area contributed by atoms with E-state index in [2.05, 4.69) is 25.9 Å². The summed E-state index contributed by atoms with van der Waals surface area (Å²) in [6, 6.07) is 3.48. The molecule has 0 aliphatic rings. The van der Waals surface area contributed by atoms with Crippen LogP contribution in [0, 0.1) is 0 Å². The summed E-state index contributed by atoms with van der Waals surface area (Å²) in [6.45, 7) is -0.0984. The van der Waals surface area contributed by atoms with E-state index in [4.69, 9.17) is 28.3 Å². The molecule has 1 aromatic heterocycles. The lowest BCUT2D eigenvalue weighted by Crippen LogP contribution is -1.86. The quantitative estimate of drug-likeness (QED) is 0.887. The maximum atomic E-state index is 8.94. The van der Waals surface area contributed by atoms with E-state index in [-0.39, 0.29) is 6.61 Å². The Morgan fingerprint density at radius 3 is 2.44 bits per heavy atom. The van der Waals surface area contributed by atoms with Gasteiger partial charge < -0.3 is 10.1 Å². The molecule has 0 aliphatic heterocycles. The van der Waals surface area contributed by atoms with E-state index in [9.17, 15) is 0 Å². The van der Waals surface area contributed by atoms with Crippen molar-refractivity contribution in [1.29, 1.82) is 0 Å². The third-order valence-electron chi connectivity index (χ3n) is 2.04. The van der Waals surface area contributed by atoms with Crippen LogP contribution in [0.5, 0.6) is 0 Å². The average Bonchev–Trinajstić information content (AvgIpc) is 2.64. The second-order valence-electron chi connectivity index (χ2n) is 3.16. The van der Waals surface area contributed by atoms with Crippen molar-refractivity contribution < 1.29 is 5.11 Å². The number of nitrogens with one attached hydrogen (secondary N) is 1. The minimum absolute atomic E-state index is 0.0984. The Hall–Kier alpha value is -0.550. The van der Waals surface area contributed by atoms with Crippen LogP contribution >= 0.6 is 39.1 Å². The van der Waals surface area contributed by atoms with Gasteiger partial charge in [0.25, 0.3) is 0 Å². The van der Waals surface area contributed by atoms with E-state index in [1.54, 1.807) is 18.3 Å². The van der Waals surface area contributed by atoms with Crippen molar-refractivity contribution in [3.8, 4) is 11.4 Å². The fourth-order valence-corrected chi connectivity index (χ4v) is 2.72. The van der Waals surface area contributed by atoms with Gasteiger partial charge in [-0.3, -0.25) is 0 Å². The Morgan fingerprint density at radius 1 is 1.31 bits per heavy atom. The van der Waals surface area contributed by atoms with E-state index < -0.39 is 0 Å². The maximum Gasteiger partial charge on any atom is 0.140 e. The first-order valence-electron chi connectivity index (χ1n) is 4.41. The van der Waals surface area contributed by atoms with Gasteiger partial charge in [0, 0.05) is 4.47 Å². The van der Waals surface area contributed by atoms with E-state index in [1.165, 1.54) is 0 Å². The summed E-state index contributed by atoms with van der Waals surface area (Å²) in [5.41, 5.74) is 1.25. The smallest absolute Gasteiger partial charge is 0.140 e. The van der Waals surface area contributed by atoms with Crippen LogP contribution in [0.4, 0.5) is 0 Å². The molecule has 0 spiro atoms. The minimum Gasteiger partial charge on any atom is -0.390 e. The van der Waals surface area contributed by atoms with Gasteiger partial charge in [-0.1, -0.05) is 39.1 Å². The predicted octanol–water partition coefficient (Wildman–Crippen LogP) is 3.64. The standard InChI is InChI=1S/C10H7BrCl2N2O/c11-5-1-7(12)9(8(13)2-5)10-14-3-6(4-16)15-10/h1-3,16H,4H2,(H,14,15). The third kappa shape index (κ3) is 2.25. The van der Waals surface area contributed by atoms with Crippen molar-refractivity contribution in [3.05, 3.63) is 38.5 Å². The summed E-state index contributed by atoms with van der Waals surface area (Å²) < 4.78 is 0.806. The van der Waals surface area contributed by atoms with Crippen molar-refractivity contribution in [2.75, 3.05) is 0 Å². The van der Waals surface area contributed by atoms with Gasteiger partial charge in [-0.05, 0) is 12.1 Å². The van der Waals surface area contributed by atoms with Crippen LogP contribution in [0.2, 0.25) is 10.0 Å². The van der Waals surface area contributed by atoms with Crippen LogP contribution in [0.3, 0.4) is 0 Å². The second-order valence-corrected chi connectivity index (χ2v) is 4.89. The molecular weight excluding hydrogens is 315 g/mol. The molecule has 1 heterocycles. The molecule has 0 atom stereocenters. The number of rotatable bonds is 2. The van der Waals surface area contributed by atoms with E-state index in [1.807, 2.05) is 0 Å². The highest BCUT2D eigenvalue weighted by molar-refractivity contribution is 9.10. The van der Waals surface area contributed by atoms with Gasteiger partial charge in [0.15, 0.2) is 0 Å². The van der Waals surface area contributed by atoms with E-state index in [0.717, 1.165) is 4.47 Å². The van der Waals surface area contributed by atoms with Gasteiger partial charge in [-0.25, -0.2) is 4.98 Å². The highest BCUT2D eigenvalue weighted by Crippen LogP contribution is 2.35. The number of nitrogens with zero attached hydrogens (tertiary/aromatic N) is 1. The molecular formula is C10H7BrCl2N2O. The SMILES string of the molecule is OCc1cnc(-c2c(Cl)cc(Br)cc2Cl)[nH]1. The molecule has 3 nitrogen and oxygen atoms in total. The third-order valence-corrected chi connectivity index (χ3v) is 3.10. The molecule has 16 heavy (non-hydrogen) atoms. The molecule has 84 valence electrons. The fourth-order valence-electron chi connectivity index (χ4n) is 1.33. The highest BCUT2D eigenvalue weighted by atomic mass is 79.9. The topological polar surface area (TPSA) is 48.9 Å². The zero-order valence-electron chi connectivity index (χ0n) is 7.97. The van der Waals surface area contributed by atoms with Crippen LogP contribution in [0.25, 0.3) is 11.4 Å². The molecule has 0 radical (unpaired) electrons. The molecule has 6 heteroatoms. The molecule has 0 amide bonds. The number of hydrogen-bond acceptors (Lipinski definition) is 2. The first-order valence-corrected chi connectivity index (χ1v) is 5.96. The lowest BCUT2D eigenvalue weighted by Gasteiger charge is -2.04. The van der Waals surface area contributed by atoms with E-state index in [0.29, 0.717) is 27.1 Å². The molecule has 2 aromatic rings. The van der Waals surface area contributed by atoms with Crippen LogP contribution < -0.4 is 0 Å². The van der Waals surface area contributed by atoms with Gasteiger partial charge in [0.05, 0.1) is 34.1 Å². The Balaban J connectivity index is 2.55. The first kappa shape index (κ1) is 11.9. The zero-order valence-corrected chi connectivity index (χ0v) is 11.1. The van der Waals surface area contributed by atoms with Gasteiger partial charge in [-0.2, -0.15) is 0 Å². The molecule has 1 aromatic carbocycles. The van der Waals surface area contributed by atoms with Gasteiger partial charge in [0.1, 0.15) is 5.82 Å². The molecule has 0 aliphatic carbocycles. The van der Waals surface area contributed by atoms with Crippen LogP contribution in [-0.4, -0.2) is 15.1 Å². The zero-order chi connectivity index (χ0) is 11.7. The normalized spacial score (nSPS) is 10.8. The summed E-state index contributed by atoms with van der Waals surface area (Å²) in [5.74, 6) is 0.548. The maximum absolute atomic E-state index is 8.94. The number of hydrogen-bond donors (Lipinski definition) is 2. The van der Waals surface area contributed by atoms with Crippen LogP contribution in [0.15, 0.2) is 22.8 Å². The van der Waals surface area contributed by atoms with Crippen molar-refractivity contribution >= 4 is 39.1 Å². The Bertz CT molecular complexity index is 504. The minimum atomic E-state index is -0.0984. The van der Waals surface area contributed by atoms with Gasteiger partial charge >= 0.3 is 0 Å². The number of aromatic nitrogens is 2. The molecule has 0 fully saturated rings. The summed E-state index contributed by atoms with van der Waals surface area (Å²) in [5, 5.41) is 9.93. The molecule has 0 saturated carbocycles. The Labute approximate surface area is 111 Å². The van der Waals surface area contributed by atoms with Crippen molar-refractivity contribution in [3.63, 3.8) is 0 Å². The number of imidazole rings is 1. The first-order chi connectivity index (χ1) is 7.61. The Morgan fingerprint density at radius 2 is 1.94 bits per heavy atom. The monoisotopic (exact) mass is 320 g/mol. The highest BCUT2D eigenvalue weighted by Gasteiger charge is 2.12. The number of benzene rings is 1. The predicted molar refractivity (Wildman–Crippen MR) is 67.7 cm³/mol. The fraction of sp³-hybridized carbons (Fsp3) is 0.100.